The molecule has 2 nitrogen and oxygen atoms in total. The molecule has 0 spiro atoms. The van der Waals surface area contributed by atoms with E-state index in [9.17, 15) is 0 Å². The van der Waals surface area contributed by atoms with Gasteiger partial charge in [-0.1, -0.05) is 24.4 Å². The van der Waals surface area contributed by atoms with Gasteiger partial charge in [0.15, 0.2) is 0 Å². The van der Waals surface area contributed by atoms with Crippen LogP contribution in [0.15, 0.2) is 12.1 Å². The number of hydrogen-bond acceptors (Lipinski definition) is 3. The van der Waals surface area contributed by atoms with Gasteiger partial charge in [0.1, 0.15) is 9.98 Å². The molecule has 0 amide bonds. The first-order valence-electron chi connectivity index (χ1n) is 4.46. The van der Waals surface area contributed by atoms with E-state index in [4.69, 9.17) is 24.4 Å². The lowest BCUT2D eigenvalue weighted by molar-refractivity contribution is 0.638. The number of thiophene rings is 1. The summed E-state index contributed by atoms with van der Waals surface area (Å²) in [6, 6.07) is 4.05. The average Bonchev–Trinajstić information content (AvgIpc) is 2.63. The second kappa shape index (κ2) is 5.01. The highest BCUT2D eigenvalue weighted by Gasteiger charge is 2.10. The van der Waals surface area contributed by atoms with Gasteiger partial charge in [0.05, 0.1) is 9.75 Å². The van der Waals surface area contributed by atoms with Crippen LogP contribution in [0.4, 0.5) is 0 Å². The minimum Gasteiger partial charge on any atom is -0.368 e. The van der Waals surface area contributed by atoms with Crippen molar-refractivity contribution < 1.29 is 0 Å². The standard InChI is InChI=1S/C10H14N2S3/c1-11(2)9(13)7-5-6-8(15-7)10(14)12(3)4/h5-6H,1-4H3. The molecule has 0 saturated heterocycles. The lowest BCUT2D eigenvalue weighted by Gasteiger charge is -2.12. The van der Waals surface area contributed by atoms with Gasteiger partial charge in [0, 0.05) is 28.2 Å². The molecule has 5 heteroatoms. The minimum atomic E-state index is 0.854. The summed E-state index contributed by atoms with van der Waals surface area (Å²) in [6.45, 7) is 0. The first-order valence-corrected chi connectivity index (χ1v) is 6.10. The Labute approximate surface area is 105 Å². The van der Waals surface area contributed by atoms with Gasteiger partial charge in [-0.05, 0) is 12.1 Å². The Hall–Kier alpha value is -0.520. The highest BCUT2D eigenvalue weighted by atomic mass is 32.1. The summed E-state index contributed by atoms with van der Waals surface area (Å²) in [5, 5.41) is 0. The molecule has 0 atom stereocenters. The second-order valence-electron chi connectivity index (χ2n) is 3.56. The van der Waals surface area contributed by atoms with E-state index in [2.05, 4.69) is 0 Å². The van der Waals surface area contributed by atoms with Crippen LogP contribution in [-0.4, -0.2) is 48.0 Å². The Bertz CT molecular complexity index is 345. The van der Waals surface area contributed by atoms with Gasteiger partial charge in [-0.15, -0.1) is 11.3 Å². The van der Waals surface area contributed by atoms with Crippen LogP contribution < -0.4 is 0 Å². The topological polar surface area (TPSA) is 6.48 Å². The maximum absolute atomic E-state index is 5.29. The van der Waals surface area contributed by atoms with Crippen molar-refractivity contribution in [2.75, 3.05) is 28.2 Å². The summed E-state index contributed by atoms with van der Waals surface area (Å²) >= 11 is 12.2. The van der Waals surface area contributed by atoms with E-state index in [0.717, 1.165) is 19.7 Å². The van der Waals surface area contributed by atoms with Crippen molar-refractivity contribution in [1.29, 1.82) is 0 Å². The van der Waals surface area contributed by atoms with Crippen LogP contribution >= 0.6 is 35.8 Å². The zero-order chi connectivity index (χ0) is 11.6. The molecule has 0 bridgehead atoms. The van der Waals surface area contributed by atoms with Crippen LogP contribution in [0.1, 0.15) is 9.75 Å². The lowest BCUT2D eigenvalue weighted by Crippen LogP contribution is -2.20. The number of nitrogens with zero attached hydrogens (tertiary/aromatic N) is 2. The summed E-state index contributed by atoms with van der Waals surface area (Å²) in [6.07, 6.45) is 0. The van der Waals surface area contributed by atoms with Gasteiger partial charge >= 0.3 is 0 Å². The van der Waals surface area contributed by atoms with Crippen LogP contribution in [0.5, 0.6) is 0 Å². The molecule has 0 N–H and O–H groups in total. The molecular weight excluding hydrogens is 244 g/mol. The second-order valence-corrected chi connectivity index (χ2v) is 5.42. The molecule has 0 unspecified atom stereocenters. The maximum atomic E-state index is 5.29. The third kappa shape index (κ3) is 2.96. The fourth-order valence-electron chi connectivity index (χ4n) is 1.01. The van der Waals surface area contributed by atoms with Crippen LogP contribution in [0.3, 0.4) is 0 Å². The fourth-order valence-corrected chi connectivity index (χ4v) is 2.44. The summed E-state index contributed by atoms with van der Waals surface area (Å²) in [4.78, 5) is 7.76. The Balaban J connectivity index is 2.90. The molecule has 1 aromatic heterocycles. The predicted octanol–water partition coefficient (Wildman–Crippen LogP) is 2.22. The van der Waals surface area contributed by atoms with Crippen molar-refractivity contribution in [3.63, 3.8) is 0 Å². The van der Waals surface area contributed by atoms with Crippen LogP contribution in [-0.2, 0) is 0 Å². The van der Waals surface area contributed by atoms with E-state index in [-0.39, 0.29) is 0 Å². The van der Waals surface area contributed by atoms with E-state index in [0.29, 0.717) is 0 Å². The predicted molar refractivity (Wildman–Crippen MR) is 75.1 cm³/mol. The largest absolute Gasteiger partial charge is 0.368 e. The van der Waals surface area contributed by atoms with Crippen LogP contribution in [0, 0.1) is 0 Å². The molecule has 0 fully saturated rings. The molecule has 0 aliphatic carbocycles. The third-order valence-electron chi connectivity index (χ3n) is 1.84. The maximum Gasteiger partial charge on any atom is 0.118 e. The van der Waals surface area contributed by atoms with Crippen LogP contribution in [0.25, 0.3) is 0 Å². The van der Waals surface area contributed by atoms with Crippen molar-refractivity contribution in [2.45, 2.75) is 0 Å². The Morgan fingerprint density at radius 3 is 1.53 bits per heavy atom. The number of rotatable bonds is 2. The van der Waals surface area contributed by atoms with Crippen molar-refractivity contribution in [2.24, 2.45) is 0 Å². The van der Waals surface area contributed by atoms with Crippen molar-refractivity contribution in [1.82, 2.24) is 9.80 Å². The average molecular weight is 258 g/mol. The Morgan fingerprint density at radius 2 is 1.27 bits per heavy atom. The SMILES string of the molecule is CN(C)C(=S)c1ccc(C(=S)N(C)C)s1. The van der Waals surface area contributed by atoms with Gasteiger partial charge in [-0.25, -0.2) is 0 Å². The highest BCUT2D eigenvalue weighted by Crippen LogP contribution is 2.19. The fraction of sp³-hybridized carbons (Fsp3) is 0.400. The Kier molecular flexibility index (Phi) is 4.19. The molecule has 1 aromatic rings. The van der Waals surface area contributed by atoms with E-state index >= 15 is 0 Å². The van der Waals surface area contributed by atoms with E-state index in [1.807, 2.05) is 50.1 Å². The van der Waals surface area contributed by atoms with Gasteiger partial charge in [0.2, 0.25) is 0 Å². The molecule has 0 saturated carbocycles. The van der Waals surface area contributed by atoms with Gasteiger partial charge in [0.25, 0.3) is 0 Å². The first kappa shape index (κ1) is 12.5. The van der Waals surface area contributed by atoms with Gasteiger partial charge in [-0.2, -0.15) is 0 Å². The Morgan fingerprint density at radius 1 is 0.933 bits per heavy atom. The van der Waals surface area contributed by atoms with E-state index < -0.39 is 0 Å². The molecule has 1 rings (SSSR count). The zero-order valence-electron chi connectivity index (χ0n) is 9.27. The summed E-state index contributed by atoms with van der Waals surface area (Å²) in [7, 11) is 7.80. The number of thiocarbonyl (C=S) groups is 2. The molecular formula is C10H14N2S3. The van der Waals surface area contributed by atoms with Crippen molar-refractivity contribution in [3.8, 4) is 0 Å². The first-order chi connectivity index (χ1) is 6.93. The van der Waals surface area contributed by atoms with Gasteiger partial charge in [-0.3, -0.25) is 0 Å². The molecule has 15 heavy (non-hydrogen) atoms. The smallest absolute Gasteiger partial charge is 0.118 e. The molecule has 0 radical (unpaired) electrons. The monoisotopic (exact) mass is 258 g/mol. The van der Waals surface area contributed by atoms with Crippen molar-refractivity contribution in [3.05, 3.63) is 21.9 Å². The lowest BCUT2D eigenvalue weighted by atomic mass is 10.4. The molecule has 0 aliphatic heterocycles. The summed E-state index contributed by atoms with van der Waals surface area (Å²) in [5.74, 6) is 0. The van der Waals surface area contributed by atoms with Gasteiger partial charge < -0.3 is 9.80 Å². The quantitative estimate of drug-likeness (QED) is 0.750. The normalized spacial score (nSPS) is 9.87. The molecule has 0 aromatic carbocycles. The minimum absolute atomic E-state index is 0.854. The summed E-state index contributed by atoms with van der Waals surface area (Å²) in [5.41, 5.74) is 0. The summed E-state index contributed by atoms with van der Waals surface area (Å²) < 4.78 is 0. The number of hydrogen-bond donors (Lipinski definition) is 0. The third-order valence-corrected chi connectivity index (χ3v) is 4.37. The van der Waals surface area contributed by atoms with E-state index in [1.54, 1.807) is 11.3 Å². The van der Waals surface area contributed by atoms with Crippen LogP contribution in [0.2, 0.25) is 0 Å². The van der Waals surface area contributed by atoms with E-state index in [1.165, 1.54) is 0 Å². The molecule has 0 aliphatic rings. The highest BCUT2D eigenvalue weighted by molar-refractivity contribution is 7.81. The zero-order valence-corrected chi connectivity index (χ0v) is 11.7. The molecule has 1 heterocycles. The van der Waals surface area contributed by atoms with Crippen molar-refractivity contribution >= 4 is 45.7 Å². The molecule has 82 valence electrons.